The first-order chi connectivity index (χ1) is 12.6. The number of carboxylic acids is 1. The maximum atomic E-state index is 12.8. The number of ether oxygens (including phenoxy) is 1. The summed E-state index contributed by atoms with van der Waals surface area (Å²) in [5.41, 5.74) is -0.317. The van der Waals surface area contributed by atoms with Crippen molar-refractivity contribution < 1.29 is 24.2 Å². The van der Waals surface area contributed by atoms with E-state index in [1.807, 2.05) is 0 Å². The molecule has 0 aromatic heterocycles. The second kappa shape index (κ2) is 8.58. The van der Waals surface area contributed by atoms with Gasteiger partial charge in [-0.3, -0.25) is 10.1 Å². The lowest BCUT2D eigenvalue weighted by molar-refractivity contribution is 0.0514. The maximum Gasteiger partial charge on any atom is 0.408 e. The van der Waals surface area contributed by atoms with Gasteiger partial charge in [-0.15, -0.1) is 0 Å². The summed E-state index contributed by atoms with van der Waals surface area (Å²) in [7, 11) is 0. The number of benzene rings is 1. The number of halogens is 1. The van der Waals surface area contributed by atoms with Gasteiger partial charge in [0.1, 0.15) is 5.60 Å². The average Bonchev–Trinajstić information content (AvgIpc) is 3.00. The van der Waals surface area contributed by atoms with Gasteiger partial charge in [0.25, 0.3) is 5.91 Å². The molecular weight excluding hydrogens is 374 g/mol. The number of rotatable bonds is 5. The minimum atomic E-state index is -1.11. The lowest BCUT2D eigenvalue weighted by Gasteiger charge is -2.26. The molecule has 1 aliphatic rings. The lowest BCUT2D eigenvalue weighted by atomic mass is 10.1. The van der Waals surface area contributed by atoms with E-state index in [-0.39, 0.29) is 34.9 Å². The summed E-state index contributed by atoms with van der Waals surface area (Å²) in [6.07, 6.45) is 0.730. The number of carbonyl (C=O) groups excluding carboxylic acids is 2. The molecule has 1 fully saturated rings. The van der Waals surface area contributed by atoms with Crippen molar-refractivity contribution in [2.45, 2.75) is 45.4 Å². The molecule has 1 atom stereocenters. The summed E-state index contributed by atoms with van der Waals surface area (Å²) < 4.78 is 5.16. The zero-order valence-electron chi connectivity index (χ0n) is 15.5. The standard InChI is InChI=1S/C18H24ClN3O5/c1-18(2,3)27-17(26)21-10-20-14-5-4-8-22(14)15(23)12-7-6-11(16(24)25)9-13(12)19/h6-7,9,14,20H,4-5,8,10H2,1-3H3,(H,21,26)(H,24,25). The summed E-state index contributed by atoms with van der Waals surface area (Å²) in [6, 6.07) is 4.03. The largest absolute Gasteiger partial charge is 0.478 e. The molecule has 1 aromatic carbocycles. The van der Waals surface area contributed by atoms with Crippen LogP contribution in [-0.2, 0) is 4.74 Å². The predicted octanol–water partition coefficient (Wildman–Crippen LogP) is 2.67. The SMILES string of the molecule is CC(C)(C)OC(=O)NCNC1CCCN1C(=O)c1ccc(C(=O)O)cc1Cl. The van der Waals surface area contributed by atoms with Gasteiger partial charge < -0.3 is 20.1 Å². The zero-order chi connectivity index (χ0) is 20.2. The Morgan fingerprint density at radius 1 is 1.33 bits per heavy atom. The van der Waals surface area contributed by atoms with Crippen molar-refractivity contribution in [1.29, 1.82) is 0 Å². The van der Waals surface area contributed by atoms with Crippen LogP contribution in [-0.4, -0.2) is 53.0 Å². The smallest absolute Gasteiger partial charge is 0.408 e. The van der Waals surface area contributed by atoms with Crippen LogP contribution in [0.1, 0.15) is 54.3 Å². The van der Waals surface area contributed by atoms with E-state index in [4.69, 9.17) is 21.4 Å². The molecule has 9 heteroatoms. The summed E-state index contributed by atoms with van der Waals surface area (Å²) in [5.74, 6) is -1.39. The number of likely N-dealkylation sites (tertiary alicyclic amines) is 1. The molecule has 2 rings (SSSR count). The van der Waals surface area contributed by atoms with Crippen molar-refractivity contribution in [3.63, 3.8) is 0 Å². The number of alkyl carbamates (subject to hydrolysis) is 1. The second-order valence-electron chi connectivity index (χ2n) is 7.22. The van der Waals surface area contributed by atoms with Crippen LogP contribution in [0, 0.1) is 0 Å². The fourth-order valence-corrected chi connectivity index (χ4v) is 3.01. The first kappa shape index (κ1) is 21.0. The third-order valence-electron chi connectivity index (χ3n) is 3.93. The van der Waals surface area contributed by atoms with Crippen molar-refractivity contribution in [2.24, 2.45) is 0 Å². The third kappa shape index (κ3) is 5.83. The van der Waals surface area contributed by atoms with Gasteiger partial charge in [-0.2, -0.15) is 0 Å². The van der Waals surface area contributed by atoms with Crippen molar-refractivity contribution >= 4 is 29.6 Å². The molecule has 148 valence electrons. The van der Waals surface area contributed by atoms with E-state index in [1.54, 1.807) is 25.7 Å². The minimum Gasteiger partial charge on any atom is -0.478 e. The van der Waals surface area contributed by atoms with Crippen molar-refractivity contribution in [3.05, 3.63) is 34.3 Å². The molecule has 8 nitrogen and oxygen atoms in total. The Bertz CT molecular complexity index is 732. The second-order valence-corrected chi connectivity index (χ2v) is 7.62. The van der Waals surface area contributed by atoms with Crippen LogP contribution < -0.4 is 10.6 Å². The molecule has 1 aromatic rings. The quantitative estimate of drug-likeness (QED) is 0.659. The average molecular weight is 398 g/mol. The Labute approximate surface area is 162 Å². The van der Waals surface area contributed by atoms with Gasteiger partial charge in [0.15, 0.2) is 0 Å². The molecule has 0 bridgehead atoms. The number of hydrogen-bond donors (Lipinski definition) is 3. The number of aromatic carboxylic acids is 1. The number of carboxylic acid groups (broad SMARTS) is 1. The lowest BCUT2D eigenvalue weighted by Crippen LogP contribution is -2.49. The van der Waals surface area contributed by atoms with Crippen LogP contribution in [0.3, 0.4) is 0 Å². The Hall–Kier alpha value is -2.32. The van der Waals surface area contributed by atoms with Gasteiger partial charge in [0.05, 0.1) is 29.0 Å². The molecule has 0 radical (unpaired) electrons. The highest BCUT2D eigenvalue weighted by Gasteiger charge is 2.30. The Morgan fingerprint density at radius 3 is 2.63 bits per heavy atom. The highest BCUT2D eigenvalue weighted by molar-refractivity contribution is 6.34. The monoisotopic (exact) mass is 397 g/mol. The first-order valence-electron chi connectivity index (χ1n) is 8.62. The number of carbonyl (C=O) groups is 3. The van der Waals surface area contributed by atoms with Gasteiger partial charge in [0.2, 0.25) is 0 Å². The number of hydrogen-bond acceptors (Lipinski definition) is 5. The van der Waals surface area contributed by atoms with Crippen molar-refractivity contribution in [2.75, 3.05) is 13.2 Å². The summed E-state index contributed by atoms with van der Waals surface area (Å²) in [4.78, 5) is 37.1. The van der Waals surface area contributed by atoms with Crippen molar-refractivity contribution in [3.8, 4) is 0 Å². The van der Waals surface area contributed by atoms with Gasteiger partial charge in [-0.05, 0) is 51.8 Å². The van der Waals surface area contributed by atoms with Gasteiger partial charge in [-0.1, -0.05) is 11.6 Å². The number of amides is 2. The van der Waals surface area contributed by atoms with Crippen LogP contribution in [0.15, 0.2) is 18.2 Å². The van der Waals surface area contributed by atoms with Crippen LogP contribution in [0.4, 0.5) is 4.79 Å². The van der Waals surface area contributed by atoms with E-state index in [1.165, 1.54) is 18.2 Å². The van der Waals surface area contributed by atoms with E-state index < -0.39 is 17.7 Å². The van der Waals surface area contributed by atoms with E-state index >= 15 is 0 Å². The number of nitrogens with zero attached hydrogens (tertiary/aromatic N) is 1. The molecule has 0 spiro atoms. The summed E-state index contributed by atoms with van der Waals surface area (Å²) in [5, 5.41) is 14.8. The maximum absolute atomic E-state index is 12.8. The Kier molecular flexibility index (Phi) is 6.67. The molecule has 3 N–H and O–H groups in total. The van der Waals surface area contributed by atoms with Gasteiger partial charge in [0, 0.05) is 6.54 Å². The minimum absolute atomic E-state index is 0.0224. The fraction of sp³-hybridized carbons (Fsp3) is 0.500. The van der Waals surface area contributed by atoms with Crippen molar-refractivity contribution in [1.82, 2.24) is 15.5 Å². The molecule has 1 heterocycles. The van der Waals surface area contributed by atoms with Crippen LogP contribution >= 0.6 is 11.6 Å². The summed E-state index contributed by atoms with van der Waals surface area (Å²) >= 11 is 6.10. The molecule has 0 saturated carbocycles. The molecule has 27 heavy (non-hydrogen) atoms. The molecule has 2 amide bonds. The molecule has 1 saturated heterocycles. The Morgan fingerprint density at radius 2 is 2.04 bits per heavy atom. The normalized spacial score (nSPS) is 16.9. The summed E-state index contributed by atoms with van der Waals surface area (Å²) in [6.45, 7) is 6.01. The highest BCUT2D eigenvalue weighted by atomic mass is 35.5. The molecule has 1 aliphatic heterocycles. The third-order valence-corrected chi connectivity index (χ3v) is 4.24. The first-order valence-corrected chi connectivity index (χ1v) is 9.00. The van der Waals surface area contributed by atoms with Gasteiger partial charge in [-0.25, -0.2) is 9.59 Å². The molecule has 0 aliphatic carbocycles. The predicted molar refractivity (Wildman–Crippen MR) is 99.8 cm³/mol. The molecular formula is C18H24ClN3O5. The number of nitrogens with one attached hydrogen (secondary N) is 2. The molecule has 1 unspecified atom stereocenters. The van der Waals surface area contributed by atoms with E-state index in [9.17, 15) is 14.4 Å². The Balaban J connectivity index is 1.96. The van der Waals surface area contributed by atoms with Crippen LogP contribution in [0.25, 0.3) is 0 Å². The van der Waals surface area contributed by atoms with Gasteiger partial charge >= 0.3 is 12.1 Å². The zero-order valence-corrected chi connectivity index (χ0v) is 16.3. The highest BCUT2D eigenvalue weighted by Crippen LogP contribution is 2.24. The van der Waals surface area contributed by atoms with E-state index in [0.29, 0.717) is 6.54 Å². The van der Waals surface area contributed by atoms with Crippen LogP contribution in [0.2, 0.25) is 5.02 Å². The van der Waals surface area contributed by atoms with E-state index in [0.717, 1.165) is 12.8 Å². The van der Waals surface area contributed by atoms with E-state index in [2.05, 4.69) is 10.6 Å². The topological polar surface area (TPSA) is 108 Å². The van der Waals surface area contributed by atoms with Crippen LogP contribution in [0.5, 0.6) is 0 Å². The fourth-order valence-electron chi connectivity index (χ4n) is 2.75.